The maximum Gasteiger partial charge on any atom is 0.119 e. The molecule has 1 atom stereocenters. The first-order valence-electron chi connectivity index (χ1n) is 6.33. The summed E-state index contributed by atoms with van der Waals surface area (Å²) in [6.45, 7) is 4.06. The van der Waals surface area contributed by atoms with E-state index in [1.807, 2.05) is 32.0 Å². The quantitative estimate of drug-likeness (QED) is 0.472. The maximum atomic E-state index is 5.66. The molecule has 0 aliphatic heterocycles. The second-order valence-electron chi connectivity index (χ2n) is 4.76. The van der Waals surface area contributed by atoms with Crippen LogP contribution in [0.3, 0.4) is 0 Å². The van der Waals surface area contributed by atoms with Crippen LogP contribution in [0.5, 0.6) is 5.75 Å². The summed E-state index contributed by atoms with van der Waals surface area (Å²) in [5.41, 5.74) is 2.40. The van der Waals surface area contributed by atoms with Crippen LogP contribution in [0.1, 0.15) is 29.8 Å². The molecule has 0 amide bonds. The van der Waals surface area contributed by atoms with Gasteiger partial charge in [-0.3, -0.25) is 0 Å². The Kier molecular flexibility index (Phi) is 5.70. The van der Waals surface area contributed by atoms with Crippen molar-refractivity contribution in [1.29, 1.82) is 0 Å². The zero-order valence-corrected chi connectivity index (χ0v) is 16.0. The number of ether oxygens (including phenoxy) is 1. The van der Waals surface area contributed by atoms with Gasteiger partial charge in [0, 0.05) is 8.95 Å². The van der Waals surface area contributed by atoms with Crippen LogP contribution < -0.4 is 4.74 Å². The Hall–Kier alpha value is -0.320. The molecular weight excluding hydrogens is 448 g/mol. The third kappa shape index (κ3) is 4.09. The Morgan fingerprint density at radius 2 is 1.60 bits per heavy atom. The molecule has 0 aliphatic carbocycles. The van der Waals surface area contributed by atoms with Crippen LogP contribution in [0, 0.1) is 0 Å². The summed E-state index contributed by atoms with van der Waals surface area (Å²) in [7, 11) is 0. The highest BCUT2D eigenvalue weighted by Gasteiger charge is 2.14. The van der Waals surface area contributed by atoms with Gasteiger partial charge in [-0.25, -0.2) is 0 Å². The Morgan fingerprint density at radius 1 is 0.950 bits per heavy atom. The number of hydrogen-bond donors (Lipinski definition) is 0. The first kappa shape index (κ1) is 16.1. The average molecular weight is 463 g/mol. The predicted molar refractivity (Wildman–Crippen MR) is 94.8 cm³/mol. The van der Waals surface area contributed by atoms with E-state index < -0.39 is 0 Å². The summed E-state index contributed by atoms with van der Waals surface area (Å²) in [5, 5.41) is 0. The van der Waals surface area contributed by atoms with E-state index in [-0.39, 0.29) is 10.9 Å². The van der Waals surface area contributed by atoms with Crippen LogP contribution >= 0.6 is 47.8 Å². The van der Waals surface area contributed by atoms with Gasteiger partial charge in [0.05, 0.1) is 10.9 Å². The topological polar surface area (TPSA) is 9.23 Å². The van der Waals surface area contributed by atoms with Gasteiger partial charge in [-0.05, 0) is 49.2 Å². The van der Waals surface area contributed by atoms with Gasteiger partial charge in [-0.15, -0.1) is 0 Å². The number of alkyl halides is 1. The fourth-order valence-corrected chi connectivity index (χ4v) is 4.16. The Balaban J connectivity index is 2.22. The second kappa shape index (κ2) is 7.10. The molecule has 2 aromatic carbocycles. The monoisotopic (exact) mass is 460 g/mol. The van der Waals surface area contributed by atoms with Gasteiger partial charge < -0.3 is 4.74 Å². The van der Waals surface area contributed by atoms with E-state index in [4.69, 9.17) is 4.74 Å². The van der Waals surface area contributed by atoms with Gasteiger partial charge >= 0.3 is 0 Å². The number of hydrogen-bond acceptors (Lipinski definition) is 1. The Morgan fingerprint density at radius 3 is 2.15 bits per heavy atom. The molecule has 0 fully saturated rings. The molecule has 0 saturated carbocycles. The largest absolute Gasteiger partial charge is 0.491 e. The van der Waals surface area contributed by atoms with Crippen molar-refractivity contribution in [3.63, 3.8) is 0 Å². The van der Waals surface area contributed by atoms with Crippen LogP contribution in [0.25, 0.3) is 0 Å². The van der Waals surface area contributed by atoms with Gasteiger partial charge in [0.15, 0.2) is 0 Å². The normalized spacial score (nSPS) is 12.5. The lowest BCUT2D eigenvalue weighted by Crippen LogP contribution is -2.05. The fraction of sp³-hybridized carbons (Fsp3) is 0.250. The van der Waals surface area contributed by atoms with Crippen molar-refractivity contribution in [2.24, 2.45) is 0 Å². The van der Waals surface area contributed by atoms with E-state index in [0.29, 0.717) is 0 Å². The molecule has 4 heteroatoms. The molecule has 2 rings (SSSR count). The highest BCUT2D eigenvalue weighted by atomic mass is 79.9. The summed E-state index contributed by atoms with van der Waals surface area (Å²) >= 11 is 10.8. The van der Waals surface area contributed by atoms with E-state index in [0.717, 1.165) is 14.7 Å². The van der Waals surface area contributed by atoms with Crippen LogP contribution in [-0.2, 0) is 0 Å². The maximum absolute atomic E-state index is 5.66. The zero-order chi connectivity index (χ0) is 14.7. The first-order chi connectivity index (χ1) is 9.47. The van der Waals surface area contributed by atoms with E-state index in [9.17, 15) is 0 Å². The smallest absolute Gasteiger partial charge is 0.119 e. The second-order valence-corrected chi connectivity index (χ2v) is 7.45. The van der Waals surface area contributed by atoms with Crippen molar-refractivity contribution in [2.45, 2.75) is 24.8 Å². The van der Waals surface area contributed by atoms with Crippen molar-refractivity contribution in [2.75, 3.05) is 0 Å². The van der Waals surface area contributed by atoms with Gasteiger partial charge in [0.2, 0.25) is 0 Å². The lowest BCUT2D eigenvalue weighted by molar-refractivity contribution is 0.242. The van der Waals surface area contributed by atoms with E-state index in [1.54, 1.807) is 0 Å². The van der Waals surface area contributed by atoms with E-state index in [2.05, 4.69) is 72.1 Å². The van der Waals surface area contributed by atoms with Crippen LogP contribution in [0.4, 0.5) is 0 Å². The van der Waals surface area contributed by atoms with Crippen molar-refractivity contribution in [3.8, 4) is 5.75 Å². The fourth-order valence-electron chi connectivity index (χ4n) is 1.87. The third-order valence-electron chi connectivity index (χ3n) is 2.78. The number of halogens is 3. The minimum absolute atomic E-state index is 0.151. The van der Waals surface area contributed by atoms with Crippen molar-refractivity contribution >= 4 is 47.8 Å². The van der Waals surface area contributed by atoms with Crippen LogP contribution in [0.2, 0.25) is 0 Å². The van der Waals surface area contributed by atoms with Gasteiger partial charge in [0.1, 0.15) is 5.75 Å². The SMILES string of the molecule is CC(C)Oc1ccc(C(Br)c2ccc(Br)cc2Br)cc1. The molecule has 0 N–H and O–H groups in total. The molecule has 106 valence electrons. The highest BCUT2D eigenvalue weighted by molar-refractivity contribution is 9.11. The molecule has 0 radical (unpaired) electrons. The Labute approximate surface area is 145 Å². The summed E-state index contributed by atoms with van der Waals surface area (Å²) in [4.78, 5) is 0.151. The standard InChI is InChI=1S/C16H15Br3O/c1-10(2)20-13-6-3-11(4-7-13)16(19)14-8-5-12(17)9-15(14)18/h3-10,16H,1-2H3. The predicted octanol–water partition coefficient (Wildman–Crippen LogP) is 6.48. The molecule has 0 spiro atoms. The van der Waals surface area contributed by atoms with E-state index >= 15 is 0 Å². The van der Waals surface area contributed by atoms with Gasteiger partial charge in [-0.2, -0.15) is 0 Å². The zero-order valence-electron chi connectivity index (χ0n) is 11.2. The average Bonchev–Trinajstić information content (AvgIpc) is 2.38. The first-order valence-corrected chi connectivity index (χ1v) is 8.83. The molecular formula is C16H15Br3O. The molecule has 20 heavy (non-hydrogen) atoms. The van der Waals surface area contributed by atoms with Gasteiger partial charge in [0.25, 0.3) is 0 Å². The van der Waals surface area contributed by atoms with Crippen molar-refractivity contribution in [3.05, 3.63) is 62.5 Å². The summed E-state index contributed by atoms with van der Waals surface area (Å²) in [5.74, 6) is 0.901. The summed E-state index contributed by atoms with van der Waals surface area (Å²) in [6, 6.07) is 14.4. The molecule has 0 bridgehead atoms. The molecule has 1 nitrogen and oxygen atoms in total. The summed E-state index contributed by atoms with van der Waals surface area (Å²) in [6.07, 6.45) is 0.196. The molecule has 2 aromatic rings. The van der Waals surface area contributed by atoms with Crippen molar-refractivity contribution in [1.82, 2.24) is 0 Å². The van der Waals surface area contributed by atoms with Gasteiger partial charge in [-0.1, -0.05) is 66.0 Å². The van der Waals surface area contributed by atoms with E-state index in [1.165, 1.54) is 11.1 Å². The highest BCUT2D eigenvalue weighted by Crippen LogP contribution is 2.37. The number of benzene rings is 2. The van der Waals surface area contributed by atoms with Crippen LogP contribution in [0.15, 0.2) is 51.4 Å². The lowest BCUT2D eigenvalue weighted by Gasteiger charge is -2.15. The number of rotatable bonds is 4. The lowest BCUT2D eigenvalue weighted by atomic mass is 10.0. The Bertz CT molecular complexity index is 579. The third-order valence-corrected chi connectivity index (χ3v) is 4.98. The summed E-state index contributed by atoms with van der Waals surface area (Å²) < 4.78 is 7.81. The minimum atomic E-state index is 0.151. The molecule has 0 aromatic heterocycles. The molecule has 0 saturated heterocycles. The minimum Gasteiger partial charge on any atom is -0.491 e. The molecule has 0 aliphatic rings. The molecule has 1 unspecified atom stereocenters. The molecule has 0 heterocycles. The van der Waals surface area contributed by atoms with Crippen molar-refractivity contribution < 1.29 is 4.74 Å². The van der Waals surface area contributed by atoms with Crippen LogP contribution in [-0.4, -0.2) is 6.10 Å².